The molecular weight excluding hydrogens is 464 g/mol. The molecule has 1 saturated carbocycles. The van der Waals surface area contributed by atoms with Crippen molar-refractivity contribution in [2.45, 2.75) is 75.2 Å². The van der Waals surface area contributed by atoms with Gasteiger partial charge in [0.2, 0.25) is 5.91 Å². The number of Topliss-reactive ketones (excluding diaryl/α,β-unsaturated/α-hetero) is 1. The van der Waals surface area contributed by atoms with Gasteiger partial charge >= 0.3 is 0 Å². The van der Waals surface area contributed by atoms with Crippen LogP contribution < -0.4 is 4.90 Å². The van der Waals surface area contributed by atoms with Crippen molar-refractivity contribution in [2.24, 2.45) is 0 Å². The van der Waals surface area contributed by atoms with Gasteiger partial charge in [0.05, 0.1) is 5.25 Å². The largest absolute Gasteiger partial charge is 0.312 e. The summed E-state index contributed by atoms with van der Waals surface area (Å²) in [7, 11) is 0. The molecule has 2 aliphatic rings. The second-order valence-electron chi connectivity index (χ2n) is 9.21. The lowest BCUT2D eigenvalue weighted by atomic mass is 9.95. The number of thiophene rings is 1. The third kappa shape index (κ3) is 4.70. The summed E-state index contributed by atoms with van der Waals surface area (Å²) in [5.41, 5.74) is 2.70. The molecule has 3 aromatic rings. The monoisotopic (exact) mass is 494 g/mol. The Morgan fingerprint density at radius 1 is 1.18 bits per heavy atom. The first kappa shape index (κ1) is 23.3. The summed E-state index contributed by atoms with van der Waals surface area (Å²) in [4.78, 5) is 28.3. The summed E-state index contributed by atoms with van der Waals surface area (Å²) >= 11 is 3.26. The van der Waals surface area contributed by atoms with Crippen LogP contribution in [0.15, 0.2) is 40.9 Å². The number of benzene rings is 1. The Kier molecular flexibility index (Phi) is 6.88. The Balaban J connectivity index is 1.37. The van der Waals surface area contributed by atoms with Gasteiger partial charge < -0.3 is 9.47 Å². The van der Waals surface area contributed by atoms with Crippen molar-refractivity contribution in [2.75, 3.05) is 11.4 Å². The minimum atomic E-state index is -0.274. The second-order valence-corrected chi connectivity index (χ2v) is 11.5. The summed E-state index contributed by atoms with van der Waals surface area (Å²) in [6, 6.07) is 10.4. The number of hydrogen-bond acceptors (Lipinski definition) is 6. The number of carbonyl (C=O) groups excluding carboxylic acids is 2. The summed E-state index contributed by atoms with van der Waals surface area (Å²) in [5, 5.41) is 11.8. The second kappa shape index (κ2) is 10.0. The highest BCUT2D eigenvalue weighted by Crippen LogP contribution is 2.36. The fourth-order valence-corrected chi connectivity index (χ4v) is 6.83. The van der Waals surface area contributed by atoms with Crippen LogP contribution in [0.1, 0.15) is 78.6 Å². The Morgan fingerprint density at radius 3 is 2.74 bits per heavy atom. The van der Waals surface area contributed by atoms with E-state index < -0.39 is 0 Å². The number of hydrogen-bond donors (Lipinski definition) is 0. The maximum absolute atomic E-state index is 13.4. The van der Waals surface area contributed by atoms with Gasteiger partial charge in [0.15, 0.2) is 10.9 Å². The van der Waals surface area contributed by atoms with Gasteiger partial charge in [-0.15, -0.1) is 21.5 Å². The Hall–Kier alpha value is -2.45. The van der Waals surface area contributed by atoms with Crippen molar-refractivity contribution in [1.82, 2.24) is 14.8 Å². The van der Waals surface area contributed by atoms with E-state index in [2.05, 4.69) is 32.3 Å². The van der Waals surface area contributed by atoms with Gasteiger partial charge in [-0.3, -0.25) is 9.59 Å². The van der Waals surface area contributed by atoms with Gasteiger partial charge in [-0.2, -0.15) is 0 Å². The molecule has 1 fully saturated rings. The number of carbonyl (C=O) groups is 2. The van der Waals surface area contributed by atoms with Crippen LogP contribution in [-0.2, 0) is 17.6 Å². The lowest BCUT2D eigenvalue weighted by Gasteiger charge is -2.26. The van der Waals surface area contributed by atoms with Crippen LogP contribution in [0.3, 0.4) is 0 Å². The molecule has 1 aliphatic carbocycles. The molecule has 1 amide bonds. The average Bonchev–Trinajstić information content (AvgIpc) is 3.59. The number of thioether (sulfide) groups is 1. The van der Waals surface area contributed by atoms with Gasteiger partial charge in [-0.05, 0) is 61.4 Å². The molecule has 0 spiro atoms. The lowest BCUT2D eigenvalue weighted by Crippen LogP contribution is -2.25. The van der Waals surface area contributed by atoms with Crippen molar-refractivity contribution in [3.63, 3.8) is 0 Å². The van der Waals surface area contributed by atoms with Crippen LogP contribution in [0.2, 0.25) is 0 Å². The van der Waals surface area contributed by atoms with Crippen molar-refractivity contribution < 1.29 is 9.59 Å². The molecule has 0 saturated heterocycles. The molecule has 5 rings (SSSR count). The van der Waals surface area contributed by atoms with E-state index in [9.17, 15) is 9.59 Å². The zero-order valence-electron chi connectivity index (χ0n) is 19.7. The fourth-order valence-electron chi connectivity index (χ4n) is 5.11. The number of amides is 1. The Labute approximate surface area is 208 Å². The molecule has 1 unspecified atom stereocenters. The van der Waals surface area contributed by atoms with Crippen molar-refractivity contribution in [3.8, 4) is 0 Å². The maximum atomic E-state index is 13.4. The van der Waals surface area contributed by atoms with E-state index in [0.29, 0.717) is 18.2 Å². The number of nitrogens with zero attached hydrogens (tertiary/aromatic N) is 4. The molecule has 1 aliphatic heterocycles. The van der Waals surface area contributed by atoms with Gasteiger partial charge in [-0.25, -0.2) is 0 Å². The van der Waals surface area contributed by atoms with E-state index in [1.807, 2.05) is 25.1 Å². The Bertz CT molecular complexity index is 1180. The van der Waals surface area contributed by atoms with Crippen LogP contribution in [0.25, 0.3) is 0 Å². The average molecular weight is 495 g/mol. The molecule has 8 heteroatoms. The first-order valence-corrected chi connectivity index (χ1v) is 13.8. The Morgan fingerprint density at radius 2 is 2.00 bits per heavy atom. The quantitative estimate of drug-likeness (QED) is 0.311. The van der Waals surface area contributed by atoms with Crippen molar-refractivity contribution in [1.29, 1.82) is 0 Å². The minimum Gasteiger partial charge on any atom is -0.312 e. The number of fused-ring (bicyclic) bond motifs is 1. The molecule has 0 N–H and O–H groups in total. The first-order valence-electron chi connectivity index (χ1n) is 12.1. The molecule has 178 valence electrons. The number of anilines is 1. The molecule has 0 radical (unpaired) electrons. The molecule has 34 heavy (non-hydrogen) atoms. The van der Waals surface area contributed by atoms with Crippen molar-refractivity contribution >= 4 is 40.5 Å². The summed E-state index contributed by atoms with van der Waals surface area (Å²) < 4.78 is 2.32. The smallest absolute Gasteiger partial charge is 0.223 e. The van der Waals surface area contributed by atoms with Crippen LogP contribution in [0.5, 0.6) is 0 Å². The molecular formula is C26H30N4O2S2. The van der Waals surface area contributed by atoms with Crippen LogP contribution in [-0.4, -0.2) is 38.2 Å². The standard InChI is InChI=1S/C26H30N4O2S2/c1-17(25(32)20-10-11-23-19(15-20)12-13-29(23)18(2)31)34-26-28-27-24(16-22-9-6-14-33-22)30(26)21-7-4-3-5-8-21/h6,9-11,14-15,17,21H,3-5,7-8,12-13,16H2,1-2H3. The van der Waals surface area contributed by atoms with Gasteiger partial charge in [-0.1, -0.05) is 37.1 Å². The molecule has 1 aromatic carbocycles. The fraction of sp³-hybridized carbons (Fsp3) is 0.462. The summed E-state index contributed by atoms with van der Waals surface area (Å²) in [6.07, 6.45) is 7.60. The summed E-state index contributed by atoms with van der Waals surface area (Å²) in [5.74, 6) is 1.13. The zero-order valence-corrected chi connectivity index (χ0v) is 21.3. The van der Waals surface area contributed by atoms with E-state index in [4.69, 9.17) is 0 Å². The predicted molar refractivity (Wildman–Crippen MR) is 137 cm³/mol. The van der Waals surface area contributed by atoms with Crippen LogP contribution >= 0.6 is 23.1 Å². The van der Waals surface area contributed by atoms with E-state index in [0.717, 1.165) is 47.9 Å². The van der Waals surface area contributed by atoms with E-state index in [-0.39, 0.29) is 16.9 Å². The SMILES string of the molecule is CC(=O)N1CCc2cc(C(=O)C(C)Sc3nnc(Cc4cccs4)n3C3CCCCC3)ccc21. The molecule has 0 bridgehead atoms. The van der Waals surface area contributed by atoms with Crippen molar-refractivity contribution in [3.05, 3.63) is 57.5 Å². The lowest BCUT2D eigenvalue weighted by molar-refractivity contribution is -0.116. The highest BCUT2D eigenvalue weighted by Gasteiger charge is 2.28. The molecule has 2 aromatic heterocycles. The zero-order chi connectivity index (χ0) is 23.7. The highest BCUT2D eigenvalue weighted by molar-refractivity contribution is 8.00. The van der Waals surface area contributed by atoms with Crippen LogP contribution in [0.4, 0.5) is 5.69 Å². The highest BCUT2D eigenvalue weighted by atomic mass is 32.2. The minimum absolute atomic E-state index is 0.0437. The van der Waals surface area contributed by atoms with E-state index in [1.54, 1.807) is 23.2 Å². The topological polar surface area (TPSA) is 68.1 Å². The van der Waals surface area contributed by atoms with Gasteiger partial charge in [0, 0.05) is 42.1 Å². The first-order chi connectivity index (χ1) is 16.5. The normalized spacial score (nSPS) is 17.1. The van der Waals surface area contributed by atoms with E-state index >= 15 is 0 Å². The van der Waals surface area contributed by atoms with E-state index in [1.165, 1.54) is 35.9 Å². The molecule has 6 nitrogen and oxygen atoms in total. The molecule has 1 atom stereocenters. The number of aromatic nitrogens is 3. The molecule has 3 heterocycles. The van der Waals surface area contributed by atoms with Gasteiger partial charge in [0.25, 0.3) is 0 Å². The third-order valence-corrected chi connectivity index (χ3v) is 8.81. The summed E-state index contributed by atoms with van der Waals surface area (Å²) in [6.45, 7) is 4.23. The van der Waals surface area contributed by atoms with Gasteiger partial charge in [0.1, 0.15) is 5.82 Å². The predicted octanol–water partition coefficient (Wildman–Crippen LogP) is 5.71. The number of ketones is 1. The maximum Gasteiger partial charge on any atom is 0.223 e. The van der Waals surface area contributed by atoms with Crippen LogP contribution in [0, 0.1) is 0 Å². The third-order valence-electron chi connectivity index (χ3n) is 6.88. The number of rotatable bonds is 7.